The third kappa shape index (κ3) is 3.34. The lowest BCUT2D eigenvalue weighted by atomic mass is 9.98. The van der Waals surface area contributed by atoms with Gasteiger partial charge in [0.1, 0.15) is 6.04 Å². The molecule has 0 aliphatic carbocycles. The highest BCUT2D eigenvalue weighted by Gasteiger charge is 2.25. The van der Waals surface area contributed by atoms with Gasteiger partial charge in [-0.1, -0.05) is 0 Å². The van der Waals surface area contributed by atoms with E-state index in [0.29, 0.717) is 0 Å². The van der Waals surface area contributed by atoms with Crippen molar-refractivity contribution in [2.24, 2.45) is 0 Å². The number of halogens is 1. The number of quaternary nitrogens is 1. The van der Waals surface area contributed by atoms with Crippen LogP contribution in [-0.4, -0.2) is 16.8 Å². The Morgan fingerprint density at radius 1 is 1.60 bits per heavy atom. The summed E-state index contributed by atoms with van der Waals surface area (Å²) in [6, 6.07) is -0.178. The summed E-state index contributed by atoms with van der Waals surface area (Å²) in [6.45, 7) is 5.26. The summed E-state index contributed by atoms with van der Waals surface area (Å²) in [7, 11) is 0. The van der Waals surface area contributed by atoms with Gasteiger partial charge in [0.2, 0.25) is 0 Å². The van der Waals surface area contributed by atoms with Gasteiger partial charge in [-0.2, -0.15) is 5.48 Å². The summed E-state index contributed by atoms with van der Waals surface area (Å²) >= 11 is 0. The van der Waals surface area contributed by atoms with Gasteiger partial charge in [-0.25, -0.2) is 0 Å². The lowest BCUT2D eigenvalue weighted by Crippen LogP contribution is -3.00. The molecule has 1 atom stereocenters. The second kappa shape index (κ2) is 4.87. The highest BCUT2D eigenvalue weighted by molar-refractivity contribution is 4.78. The first-order chi connectivity index (χ1) is 4.04. The zero-order valence-corrected chi connectivity index (χ0v) is 7.14. The van der Waals surface area contributed by atoms with Crippen LogP contribution in [0.2, 0.25) is 0 Å². The van der Waals surface area contributed by atoms with Crippen LogP contribution in [0.1, 0.15) is 20.8 Å². The zero-order valence-electron chi connectivity index (χ0n) is 6.39. The van der Waals surface area contributed by atoms with Crippen LogP contribution in [-0.2, 0) is 0 Å². The minimum atomic E-state index is -0.512. The van der Waals surface area contributed by atoms with Crippen molar-refractivity contribution in [3.63, 3.8) is 0 Å². The molecule has 0 fully saturated rings. The van der Waals surface area contributed by atoms with Gasteiger partial charge in [-0.3, -0.25) is 0 Å². The predicted octanol–water partition coefficient (Wildman–Crippen LogP) is -3.80. The number of nitrogens with one attached hydrogen (secondary N) is 1. The quantitative estimate of drug-likeness (QED) is 0.380. The maximum Gasteiger partial charge on any atom is 0.103 e. The molecule has 0 spiro atoms. The standard InChI is InChI=1S/C5H14N2O2.ClH/c1-4(6-8)5(2,3)7-9;/h4,7,9H,6H2,1-3H3;1H/p-1. The van der Waals surface area contributed by atoms with E-state index in [2.05, 4.69) is 5.48 Å². The van der Waals surface area contributed by atoms with E-state index >= 15 is 0 Å². The van der Waals surface area contributed by atoms with Crippen molar-refractivity contribution in [1.82, 2.24) is 5.48 Å². The van der Waals surface area contributed by atoms with E-state index in [4.69, 9.17) is 5.21 Å². The van der Waals surface area contributed by atoms with E-state index in [1.165, 1.54) is 0 Å². The van der Waals surface area contributed by atoms with Crippen molar-refractivity contribution < 1.29 is 23.1 Å². The second-order valence-corrected chi connectivity index (χ2v) is 2.76. The minimum Gasteiger partial charge on any atom is -1.00 e. The molecule has 0 saturated carbocycles. The number of nitrogens with two attached hydrogens (primary N) is 1. The predicted molar refractivity (Wildman–Crippen MR) is 33.8 cm³/mol. The van der Waals surface area contributed by atoms with E-state index < -0.39 is 5.54 Å². The molecule has 0 aliphatic rings. The monoisotopic (exact) mass is 169 g/mol. The third-order valence-electron chi connectivity index (χ3n) is 1.63. The molecule has 0 amide bonds. The van der Waals surface area contributed by atoms with E-state index in [0.717, 1.165) is 5.48 Å². The first kappa shape index (κ1) is 12.8. The van der Waals surface area contributed by atoms with E-state index in [9.17, 15) is 5.21 Å². The van der Waals surface area contributed by atoms with Crippen LogP contribution in [0.4, 0.5) is 0 Å². The summed E-state index contributed by atoms with van der Waals surface area (Å²) in [5.74, 6) is 0. The Morgan fingerprint density at radius 3 is 2.10 bits per heavy atom. The minimum absolute atomic E-state index is 0. The van der Waals surface area contributed by atoms with Gasteiger partial charge in [0, 0.05) is 0 Å². The molecule has 4 nitrogen and oxygen atoms in total. The SMILES string of the molecule is CC([NH2+][O-])C(C)(C)NO.[Cl-]. The maximum atomic E-state index is 10.2. The highest BCUT2D eigenvalue weighted by Crippen LogP contribution is 2.02. The molecule has 0 aromatic heterocycles. The Morgan fingerprint density at radius 2 is 2.00 bits per heavy atom. The molecule has 0 radical (unpaired) electrons. The Labute approximate surface area is 66.9 Å². The topological polar surface area (TPSA) is 71.9 Å². The average Bonchev–Trinajstić information content (AvgIpc) is 1.86. The molecule has 0 bridgehead atoms. The van der Waals surface area contributed by atoms with E-state index in [-0.39, 0.29) is 18.4 Å². The van der Waals surface area contributed by atoms with Gasteiger partial charge >= 0.3 is 0 Å². The first-order valence-corrected chi connectivity index (χ1v) is 2.91. The molecule has 1 unspecified atom stereocenters. The van der Waals surface area contributed by atoms with Crippen molar-refractivity contribution in [1.29, 1.82) is 0 Å². The lowest BCUT2D eigenvalue weighted by Gasteiger charge is -2.28. The second-order valence-electron chi connectivity index (χ2n) is 2.76. The summed E-state index contributed by atoms with van der Waals surface area (Å²) in [6.07, 6.45) is 0. The van der Waals surface area contributed by atoms with Gasteiger partial charge in [0.15, 0.2) is 0 Å². The molecule has 0 aromatic carbocycles. The van der Waals surface area contributed by atoms with Crippen molar-refractivity contribution in [2.75, 3.05) is 0 Å². The number of hydrogen-bond acceptors (Lipinski definition) is 3. The molecular formula is C5H14ClN2O2-. The largest absolute Gasteiger partial charge is 1.00 e. The number of rotatable bonds is 3. The molecule has 0 heterocycles. The Kier molecular flexibility index (Phi) is 6.22. The first-order valence-electron chi connectivity index (χ1n) is 2.91. The van der Waals surface area contributed by atoms with Gasteiger partial charge < -0.3 is 28.3 Å². The van der Waals surface area contributed by atoms with Crippen molar-refractivity contribution in [3.05, 3.63) is 5.21 Å². The summed E-state index contributed by atoms with van der Waals surface area (Å²) in [5.41, 5.74) is 2.36. The molecule has 0 saturated heterocycles. The van der Waals surface area contributed by atoms with Crippen molar-refractivity contribution >= 4 is 0 Å². The molecular weight excluding hydrogens is 156 g/mol. The van der Waals surface area contributed by atoms with Crippen molar-refractivity contribution in [2.45, 2.75) is 32.4 Å². The smallest absolute Gasteiger partial charge is 0.103 e. The van der Waals surface area contributed by atoms with Crippen LogP contribution in [0.5, 0.6) is 0 Å². The van der Waals surface area contributed by atoms with Crippen LogP contribution in [0, 0.1) is 5.21 Å². The molecule has 5 heteroatoms. The van der Waals surface area contributed by atoms with Crippen LogP contribution in [0.3, 0.4) is 0 Å². The summed E-state index contributed by atoms with van der Waals surface area (Å²) in [4.78, 5) is 0. The number of hydroxylamine groups is 2. The van der Waals surface area contributed by atoms with Gasteiger partial charge in [0.25, 0.3) is 0 Å². The van der Waals surface area contributed by atoms with Gasteiger partial charge in [-0.15, -0.1) is 0 Å². The van der Waals surface area contributed by atoms with Crippen LogP contribution < -0.4 is 23.4 Å². The molecule has 4 N–H and O–H groups in total. The van der Waals surface area contributed by atoms with Crippen LogP contribution in [0.15, 0.2) is 0 Å². The molecule has 0 rings (SSSR count). The van der Waals surface area contributed by atoms with Crippen LogP contribution in [0.25, 0.3) is 0 Å². The third-order valence-corrected chi connectivity index (χ3v) is 1.63. The molecule has 10 heavy (non-hydrogen) atoms. The molecule has 0 aromatic rings. The molecule has 0 aliphatic heterocycles. The lowest BCUT2D eigenvalue weighted by molar-refractivity contribution is -0.634. The average molecular weight is 170 g/mol. The number of hydrogen-bond donors (Lipinski definition) is 3. The van der Waals surface area contributed by atoms with E-state index in [1.54, 1.807) is 20.8 Å². The zero-order chi connectivity index (χ0) is 7.49. The Hall–Kier alpha value is 0.130. The summed E-state index contributed by atoms with van der Waals surface area (Å²) < 4.78 is 0. The summed E-state index contributed by atoms with van der Waals surface area (Å²) in [5, 5.41) is 18.6. The van der Waals surface area contributed by atoms with Gasteiger partial charge in [0.05, 0.1) is 5.54 Å². The fraction of sp³-hybridized carbons (Fsp3) is 1.00. The Bertz CT molecular complexity index is 89.7. The molecule has 64 valence electrons. The van der Waals surface area contributed by atoms with E-state index in [1.807, 2.05) is 0 Å². The van der Waals surface area contributed by atoms with Gasteiger partial charge in [-0.05, 0) is 20.8 Å². The normalized spacial score (nSPS) is 14.1. The maximum absolute atomic E-state index is 10.2. The van der Waals surface area contributed by atoms with Crippen LogP contribution >= 0.6 is 0 Å². The fourth-order valence-electron chi connectivity index (χ4n) is 0.272. The highest BCUT2D eigenvalue weighted by atomic mass is 35.5. The Balaban J connectivity index is 0. The fourth-order valence-corrected chi connectivity index (χ4v) is 0.272. The van der Waals surface area contributed by atoms with Crippen molar-refractivity contribution in [3.8, 4) is 0 Å².